The molecule has 0 unspecified atom stereocenters. The molecule has 0 aromatic heterocycles. The van der Waals surface area contributed by atoms with Crippen molar-refractivity contribution >= 4 is 23.4 Å². The quantitative estimate of drug-likeness (QED) is 0.476. The van der Waals surface area contributed by atoms with Crippen LogP contribution in [0.5, 0.6) is 17.2 Å². The van der Waals surface area contributed by atoms with E-state index >= 15 is 0 Å². The molecule has 0 atom stereocenters. The minimum Gasteiger partial charge on any atom is -0.506 e. The van der Waals surface area contributed by atoms with E-state index < -0.39 is 23.1 Å². The van der Waals surface area contributed by atoms with E-state index in [1.165, 1.54) is 7.11 Å². The van der Waals surface area contributed by atoms with Gasteiger partial charge in [0.05, 0.1) is 18.2 Å². The van der Waals surface area contributed by atoms with Crippen LogP contribution in [0.25, 0.3) is 11.6 Å². The standard InChI is InChI=1S/C26H26O6/c1-6-15(2)22(29)21-23(30)20(18(14-19(27)28)16-10-8-7-9-11-16)25-17(24(21)31-5)12-13-26(3,4)32-25/h6-14,30H,1-5H3,(H,27,28)/b15-6+,18-14-. The second-order valence-electron chi connectivity index (χ2n) is 7.98. The van der Waals surface area contributed by atoms with Crippen molar-refractivity contribution < 1.29 is 29.3 Å². The Bertz CT molecular complexity index is 1170. The molecule has 0 aliphatic carbocycles. The summed E-state index contributed by atoms with van der Waals surface area (Å²) in [6.07, 6.45) is 6.23. The number of carboxylic acid groups (broad SMARTS) is 1. The number of fused-ring (bicyclic) bond motifs is 1. The van der Waals surface area contributed by atoms with Gasteiger partial charge in [-0.3, -0.25) is 4.79 Å². The molecule has 32 heavy (non-hydrogen) atoms. The van der Waals surface area contributed by atoms with E-state index in [4.69, 9.17) is 9.47 Å². The summed E-state index contributed by atoms with van der Waals surface area (Å²) in [6.45, 7) is 7.04. The number of ketones is 1. The first-order chi connectivity index (χ1) is 15.1. The molecule has 2 aromatic carbocycles. The summed E-state index contributed by atoms with van der Waals surface area (Å²) in [5.74, 6) is -1.60. The summed E-state index contributed by atoms with van der Waals surface area (Å²) in [4.78, 5) is 25.0. The first-order valence-corrected chi connectivity index (χ1v) is 10.1. The highest BCUT2D eigenvalue weighted by molar-refractivity contribution is 6.14. The van der Waals surface area contributed by atoms with Gasteiger partial charge in [0.1, 0.15) is 28.4 Å². The smallest absolute Gasteiger partial charge is 0.328 e. The van der Waals surface area contributed by atoms with Crippen LogP contribution in [0.4, 0.5) is 0 Å². The van der Waals surface area contributed by atoms with Crippen LogP contribution in [0.15, 0.2) is 54.1 Å². The van der Waals surface area contributed by atoms with Gasteiger partial charge in [0.15, 0.2) is 5.78 Å². The minimum atomic E-state index is -1.20. The summed E-state index contributed by atoms with van der Waals surface area (Å²) < 4.78 is 11.7. The molecule has 1 aliphatic rings. The Morgan fingerprint density at radius 2 is 1.78 bits per heavy atom. The average molecular weight is 434 g/mol. The van der Waals surface area contributed by atoms with E-state index in [1.54, 1.807) is 56.3 Å². The number of carboxylic acids is 1. The van der Waals surface area contributed by atoms with Gasteiger partial charge in [0.2, 0.25) is 0 Å². The molecule has 0 fully saturated rings. The van der Waals surface area contributed by atoms with Gasteiger partial charge in [-0.2, -0.15) is 0 Å². The van der Waals surface area contributed by atoms with Gasteiger partial charge in [-0.05, 0) is 51.0 Å². The van der Waals surface area contributed by atoms with Crippen molar-refractivity contribution in [3.8, 4) is 17.2 Å². The van der Waals surface area contributed by atoms with Crippen molar-refractivity contribution in [2.45, 2.75) is 33.3 Å². The first kappa shape index (κ1) is 22.9. The van der Waals surface area contributed by atoms with E-state index in [2.05, 4.69) is 0 Å². The normalized spacial score (nSPS) is 15.0. The van der Waals surface area contributed by atoms with Gasteiger partial charge < -0.3 is 19.7 Å². The second-order valence-corrected chi connectivity index (χ2v) is 7.98. The first-order valence-electron chi connectivity index (χ1n) is 10.1. The van der Waals surface area contributed by atoms with Crippen molar-refractivity contribution in [3.05, 3.63) is 76.4 Å². The number of rotatable bonds is 6. The largest absolute Gasteiger partial charge is 0.506 e. The highest BCUT2D eigenvalue weighted by Gasteiger charge is 2.35. The number of methoxy groups -OCH3 is 1. The lowest BCUT2D eigenvalue weighted by Gasteiger charge is -2.32. The number of carbonyl (C=O) groups excluding carboxylic acids is 1. The van der Waals surface area contributed by atoms with Crippen molar-refractivity contribution in [2.75, 3.05) is 7.11 Å². The third kappa shape index (κ3) is 4.17. The number of aromatic hydroxyl groups is 1. The molecule has 6 nitrogen and oxygen atoms in total. The summed E-state index contributed by atoms with van der Waals surface area (Å²) in [7, 11) is 1.41. The zero-order valence-corrected chi connectivity index (χ0v) is 18.7. The lowest BCUT2D eigenvalue weighted by atomic mass is 9.87. The SMILES string of the molecule is C/C=C(\C)C(=O)c1c(O)c(/C(=C\C(=O)O)c2ccccc2)c2c(c1OC)C=CC(C)(C)O2. The zero-order chi connectivity index (χ0) is 23.6. The van der Waals surface area contributed by atoms with Gasteiger partial charge >= 0.3 is 5.97 Å². The predicted molar refractivity (Wildman–Crippen MR) is 123 cm³/mol. The lowest BCUT2D eigenvalue weighted by Crippen LogP contribution is -2.28. The fraction of sp³-hybridized carbons (Fsp3) is 0.231. The molecule has 1 heterocycles. The Morgan fingerprint density at radius 3 is 2.34 bits per heavy atom. The molecular weight excluding hydrogens is 408 g/mol. The summed E-state index contributed by atoms with van der Waals surface area (Å²) >= 11 is 0. The number of phenols is 1. The number of hydrogen-bond acceptors (Lipinski definition) is 5. The third-order valence-corrected chi connectivity index (χ3v) is 5.28. The molecular formula is C26H26O6. The molecule has 0 bridgehead atoms. The average Bonchev–Trinajstić information content (AvgIpc) is 2.76. The molecule has 0 radical (unpaired) electrons. The zero-order valence-electron chi connectivity index (χ0n) is 18.7. The van der Waals surface area contributed by atoms with Gasteiger partial charge in [-0.25, -0.2) is 4.79 Å². The Morgan fingerprint density at radius 1 is 1.12 bits per heavy atom. The van der Waals surface area contributed by atoms with Gasteiger partial charge in [-0.1, -0.05) is 36.4 Å². The molecule has 0 amide bonds. The number of Topliss-reactive ketones (excluding diaryl/α,β-unsaturated/α-hetero) is 1. The summed E-state index contributed by atoms with van der Waals surface area (Å²) in [5.41, 5.74) is 0.987. The van der Waals surface area contributed by atoms with E-state index in [0.717, 1.165) is 6.08 Å². The number of carbonyl (C=O) groups is 2. The van der Waals surface area contributed by atoms with E-state index in [9.17, 15) is 19.8 Å². The van der Waals surface area contributed by atoms with E-state index in [1.807, 2.05) is 19.9 Å². The van der Waals surface area contributed by atoms with Crippen LogP contribution < -0.4 is 9.47 Å². The van der Waals surface area contributed by atoms with Crippen LogP contribution in [0, 0.1) is 0 Å². The van der Waals surface area contributed by atoms with Gasteiger partial charge in [0.25, 0.3) is 0 Å². The van der Waals surface area contributed by atoms with E-state index in [0.29, 0.717) is 16.7 Å². The number of allylic oxidation sites excluding steroid dienone is 2. The van der Waals surface area contributed by atoms with Crippen LogP contribution in [-0.2, 0) is 4.79 Å². The van der Waals surface area contributed by atoms with Crippen LogP contribution in [0.1, 0.15) is 54.7 Å². The fourth-order valence-corrected chi connectivity index (χ4v) is 3.59. The number of aliphatic carboxylic acids is 1. The topological polar surface area (TPSA) is 93.1 Å². The van der Waals surface area contributed by atoms with Gasteiger partial charge in [-0.15, -0.1) is 0 Å². The molecule has 166 valence electrons. The summed E-state index contributed by atoms with van der Waals surface area (Å²) in [6, 6.07) is 8.79. The molecule has 6 heteroatoms. The highest BCUT2D eigenvalue weighted by atomic mass is 16.5. The van der Waals surface area contributed by atoms with Crippen molar-refractivity contribution in [3.63, 3.8) is 0 Å². The molecule has 0 saturated carbocycles. The Kier molecular flexibility index (Phi) is 6.25. The number of ether oxygens (including phenoxy) is 2. The maximum Gasteiger partial charge on any atom is 0.328 e. The molecule has 0 spiro atoms. The molecule has 2 N–H and O–H groups in total. The van der Waals surface area contributed by atoms with Crippen LogP contribution in [0.3, 0.4) is 0 Å². The number of benzene rings is 2. The van der Waals surface area contributed by atoms with Crippen molar-refractivity contribution in [1.29, 1.82) is 0 Å². The Balaban J connectivity index is 2.50. The molecule has 0 saturated heterocycles. The number of phenolic OH excluding ortho intramolecular Hbond substituents is 1. The van der Waals surface area contributed by atoms with Gasteiger partial charge in [0, 0.05) is 11.6 Å². The van der Waals surface area contributed by atoms with Crippen LogP contribution >= 0.6 is 0 Å². The molecule has 3 rings (SSSR count). The maximum absolute atomic E-state index is 13.2. The number of hydrogen-bond donors (Lipinski definition) is 2. The molecule has 1 aliphatic heterocycles. The molecule has 2 aromatic rings. The third-order valence-electron chi connectivity index (χ3n) is 5.28. The summed E-state index contributed by atoms with van der Waals surface area (Å²) in [5, 5.41) is 21.0. The van der Waals surface area contributed by atoms with Crippen molar-refractivity contribution in [2.24, 2.45) is 0 Å². The Labute approximate surface area is 187 Å². The second kappa shape index (κ2) is 8.75. The maximum atomic E-state index is 13.2. The predicted octanol–water partition coefficient (Wildman–Crippen LogP) is 5.25. The van der Waals surface area contributed by atoms with Crippen LogP contribution in [-0.4, -0.2) is 34.7 Å². The highest BCUT2D eigenvalue weighted by Crippen LogP contribution is 2.51. The monoisotopic (exact) mass is 434 g/mol. The van der Waals surface area contributed by atoms with Crippen molar-refractivity contribution in [1.82, 2.24) is 0 Å². The fourth-order valence-electron chi connectivity index (χ4n) is 3.59. The Hall–Kier alpha value is -3.80. The minimum absolute atomic E-state index is 0.0444. The van der Waals surface area contributed by atoms with E-state index in [-0.39, 0.29) is 28.2 Å². The van der Waals surface area contributed by atoms with Crippen LogP contribution in [0.2, 0.25) is 0 Å². The lowest BCUT2D eigenvalue weighted by molar-refractivity contribution is -0.131.